The van der Waals surface area contributed by atoms with Gasteiger partial charge >= 0.3 is 0 Å². The Morgan fingerprint density at radius 1 is 1.44 bits per heavy atom. The van der Waals surface area contributed by atoms with Gasteiger partial charge in [-0.25, -0.2) is 4.39 Å². The molecule has 1 amide bonds. The summed E-state index contributed by atoms with van der Waals surface area (Å²) < 4.78 is 13.6. The summed E-state index contributed by atoms with van der Waals surface area (Å²) in [5.41, 5.74) is 2.47. The van der Waals surface area contributed by atoms with Gasteiger partial charge in [-0.2, -0.15) is 0 Å². The fraction of sp³-hybridized carbons (Fsp3) is 0.368. The smallest absolute Gasteiger partial charge is 0.234 e. The van der Waals surface area contributed by atoms with Gasteiger partial charge in [-0.05, 0) is 35.7 Å². The van der Waals surface area contributed by atoms with Crippen LogP contribution in [0.1, 0.15) is 22.7 Å². The Bertz CT molecular complexity index is 723. The van der Waals surface area contributed by atoms with Crippen molar-refractivity contribution in [2.75, 3.05) is 26.2 Å². The molecule has 1 aromatic carbocycles. The molecule has 1 unspecified atom stereocenters. The summed E-state index contributed by atoms with van der Waals surface area (Å²) in [5.74, 6) is -0.303. The van der Waals surface area contributed by atoms with E-state index in [1.54, 1.807) is 19.2 Å². The normalized spacial score (nSPS) is 18.1. The maximum Gasteiger partial charge on any atom is 0.234 e. The number of hydrogen-bond acceptors (Lipinski definition) is 4. The van der Waals surface area contributed by atoms with Gasteiger partial charge in [0, 0.05) is 44.6 Å². The molecule has 1 saturated heterocycles. The molecule has 1 aromatic heterocycles. The molecule has 2 heterocycles. The van der Waals surface area contributed by atoms with E-state index in [9.17, 15) is 9.18 Å². The molecule has 0 saturated carbocycles. The van der Waals surface area contributed by atoms with Crippen LogP contribution >= 0.6 is 0 Å². The number of benzene rings is 1. The molecular weight excluding hydrogens is 319 g/mol. The minimum atomic E-state index is -0.245. The highest BCUT2D eigenvalue weighted by Gasteiger charge is 2.25. The lowest BCUT2D eigenvalue weighted by atomic mass is 10.1. The fourth-order valence-electron chi connectivity index (χ4n) is 3.02. The average molecular weight is 342 g/mol. The van der Waals surface area contributed by atoms with Crippen molar-refractivity contribution in [1.82, 2.24) is 20.5 Å². The summed E-state index contributed by atoms with van der Waals surface area (Å²) in [6.07, 6.45) is 3.59. The molecule has 2 aromatic rings. The molecular formula is C19H23FN4O. The van der Waals surface area contributed by atoms with Crippen molar-refractivity contribution in [2.24, 2.45) is 0 Å². The van der Waals surface area contributed by atoms with Crippen molar-refractivity contribution in [2.45, 2.75) is 19.5 Å². The quantitative estimate of drug-likeness (QED) is 0.870. The Morgan fingerprint density at radius 2 is 2.32 bits per heavy atom. The van der Waals surface area contributed by atoms with E-state index in [1.165, 1.54) is 6.07 Å². The minimum Gasteiger partial charge on any atom is -0.351 e. The van der Waals surface area contributed by atoms with Crippen molar-refractivity contribution in [3.05, 3.63) is 65.2 Å². The van der Waals surface area contributed by atoms with Crippen molar-refractivity contribution in [3.8, 4) is 0 Å². The number of carbonyl (C=O) groups is 1. The maximum absolute atomic E-state index is 13.6. The van der Waals surface area contributed by atoms with E-state index in [-0.39, 0.29) is 17.8 Å². The number of nitrogens with zero attached hydrogens (tertiary/aromatic N) is 2. The highest BCUT2D eigenvalue weighted by molar-refractivity contribution is 5.78. The first kappa shape index (κ1) is 17.5. The Balaban J connectivity index is 1.58. The number of aromatic nitrogens is 1. The lowest BCUT2D eigenvalue weighted by Gasteiger charge is -2.35. The maximum atomic E-state index is 13.6. The molecule has 1 atom stereocenters. The fourth-order valence-corrected chi connectivity index (χ4v) is 3.02. The zero-order chi connectivity index (χ0) is 17.6. The number of nitrogens with one attached hydrogen (secondary N) is 2. The molecule has 6 heteroatoms. The zero-order valence-electron chi connectivity index (χ0n) is 14.3. The number of hydrogen-bond donors (Lipinski definition) is 2. The standard InChI is InChI=1S/C19H23FN4O/c1-14-4-5-15(9-17(14)20)10-23-19(25)13-24-8-7-22-12-18(24)16-3-2-6-21-11-16/h2-6,9,11,18,22H,7-8,10,12-13H2,1H3,(H,23,25). The summed E-state index contributed by atoms with van der Waals surface area (Å²) in [6, 6.07) is 9.11. The number of amides is 1. The van der Waals surface area contributed by atoms with Crippen molar-refractivity contribution >= 4 is 5.91 Å². The topological polar surface area (TPSA) is 57.3 Å². The predicted octanol–water partition coefficient (Wildman–Crippen LogP) is 1.79. The van der Waals surface area contributed by atoms with Gasteiger partial charge in [0.05, 0.1) is 6.54 Å². The van der Waals surface area contributed by atoms with Gasteiger partial charge in [-0.3, -0.25) is 14.7 Å². The van der Waals surface area contributed by atoms with E-state index in [0.29, 0.717) is 18.7 Å². The molecule has 1 fully saturated rings. The first-order chi connectivity index (χ1) is 12.1. The van der Waals surface area contributed by atoms with Gasteiger partial charge in [0.25, 0.3) is 0 Å². The molecule has 25 heavy (non-hydrogen) atoms. The van der Waals surface area contributed by atoms with E-state index in [1.807, 2.05) is 24.4 Å². The van der Waals surface area contributed by atoms with Crippen LogP contribution in [0.15, 0.2) is 42.7 Å². The number of aryl methyl sites for hydroxylation is 1. The number of halogens is 1. The van der Waals surface area contributed by atoms with Crippen LogP contribution in [0, 0.1) is 12.7 Å². The molecule has 5 nitrogen and oxygen atoms in total. The van der Waals surface area contributed by atoms with Crippen molar-refractivity contribution < 1.29 is 9.18 Å². The molecule has 0 bridgehead atoms. The molecule has 0 spiro atoms. The van der Waals surface area contributed by atoms with Crippen LogP contribution in [0.3, 0.4) is 0 Å². The van der Waals surface area contributed by atoms with Crippen LogP contribution in [0.5, 0.6) is 0 Å². The average Bonchev–Trinajstić information content (AvgIpc) is 2.64. The van der Waals surface area contributed by atoms with Crippen LogP contribution < -0.4 is 10.6 Å². The zero-order valence-corrected chi connectivity index (χ0v) is 14.3. The molecule has 132 valence electrons. The Kier molecular flexibility index (Phi) is 5.73. The summed E-state index contributed by atoms with van der Waals surface area (Å²) in [6.45, 7) is 4.82. The van der Waals surface area contributed by atoms with E-state index in [2.05, 4.69) is 20.5 Å². The third kappa shape index (κ3) is 4.61. The molecule has 0 aliphatic carbocycles. The number of rotatable bonds is 5. The van der Waals surface area contributed by atoms with Gasteiger partial charge in [-0.15, -0.1) is 0 Å². The Labute approximate surface area is 147 Å². The summed E-state index contributed by atoms with van der Waals surface area (Å²) in [5, 5.41) is 6.24. The van der Waals surface area contributed by atoms with Gasteiger partial charge < -0.3 is 10.6 Å². The molecule has 1 aliphatic rings. The molecule has 2 N–H and O–H groups in total. The van der Waals surface area contributed by atoms with Gasteiger partial charge in [0.15, 0.2) is 0 Å². The van der Waals surface area contributed by atoms with Crippen LogP contribution in [0.4, 0.5) is 4.39 Å². The number of piperazine rings is 1. The monoisotopic (exact) mass is 342 g/mol. The first-order valence-electron chi connectivity index (χ1n) is 8.50. The number of carbonyl (C=O) groups excluding carboxylic acids is 1. The summed E-state index contributed by atoms with van der Waals surface area (Å²) >= 11 is 0. The lowest BCUT2D eigenvalue weighted by molar-refractivity contribution is -0.123. The van der Waals surface area contributed by atoms with Crippen molar-refractivity contribution in [1.29, 1.82) is 0 Å². The molecule has 0 radical (unpaired) electrons. The highest BCUT2D eigenvalue weighted by Crippen LogP contribution is 2.20. The van der Waals surface area contributed by atoms with Gasteiger partial charge in [0.1, 0.15) is 5.82 Å². The molecule has 1 aliphatic heterocycles. The van der Waals surface area contributed by atoms with Crippen LogP contribution in [-0.4, -0.2) is 42.0 Å². The third-order valence-corrected chi connectivity index (χ3v) is 4.50. The second kappa shape index (κ2) is 8.18. The SMILES string of the molecule is Cc1ccc(CNC(=O)CN2CCNCC2c2cccnc2)cc1F. The predicted molar refractivity (Wildman–Crippen MR) is 94.4 cm³/mol. The van der Waals surface area contributed by atoms with Crippen molar-refractivity contribution in [3.63, 3.8) is 0 Å². The van der Waals surface area contributed by atoms with Gasteiger partial charge in [0.2, 0.25) is 5.91 Å². The lowest BCUT2D eigenvalue weighted by Crippen LogP contribution is -2.49. The van der Waals surface area contributed by atoms with Crippen LogP contribution in [0.2, 0.25) is 0 Å². The Hall–Kier alpha value is -2.31. The highest BCUT2D eigenvalue weighted by atomic mass is 19.1. The van der Waals surface area contributed by atoms with Gasteiger partial charge in [-0.1, -0.05) is 18.2 Å². The third-order valence-electron chi connectivity index (χ3n) is 4.50. The van der Waals surface area contributed by atoms with E-state index in [4.69, 9.17) is 0 Å². The molecule has 3 rings (SSSR count). The largest absolute Gasteiger partial charge is 0.351 e. The van der Waals surface area contributed by atoms with Crippen LogP contribution in [-0.2, 0) is 11.3 Å². The van der Waals surface area contributed by atoms with E-state index in [0.717, 1.165) is 30.8 Å². The Morgan fingerprint density at radius 3 is 3.08 bits per heavy atom. The van der Waals surface area contributed by atoms with E-state index >= 15 is 0 Å². The summed E-state index contributed by atoms with van der Waals surface area (Å²) in [4.78, 5) is 18.7. The second-order valence-corrected chi connectivity index (χ2v) is 6.34. The summed E-state index contributed by atoms with van der Waals surface area (Å²) in [7, 11) is 0. The minimum absolute atomic E-state index is 0.0585. The second-order valence-electron chi connectivity index (χ2n) is 6.34. The van der Waals surface area contributed by atoms with E-state index < -0.39 is 0 Å². The number of pyridine rings is 1. The first-order valence-corrected chi connectivity index (χ1v) is 8.50. The van der Waals surface area contributed by atoms with Crippen LogP contribution in [0.25, 0.3) is 0 Å².